The van der Waals surface area contributed by atoms with Gasteiger partial charge in [0.2, 0.25) is 0 Å². The van der Waals surface area contributed by atoms with Crippen LogP contribution in [0.3, 0.4) is 0 Å². The Bertz CT molecular complexity index is 1440. The zero-order chi connectivity index (χ0) is 21.4. The molecule has 0 atom stereocenters. The lowest BCUT2D eigenvalue weighted by molar-refractivity contribution is 0.0998. The molecule has 3 aromatic carbocycles. The molecule has 0 bridgehead atoms. The van der Waals surface area contributed by atoms with E-state index in [4.69, 9.17) is 13.6 Å². The Balaban J connectivity index is 1.48. The molecular weight excluding hydrogens is 394 g/mol. The molecule has 0 saturated heterocycles. The summed E-state index contributed by atoms with van der Waals surface area (Å²) in [5, 5.41) is 4.07. The van der Waals surface area contributed by atoms with Crippen LogP contribution in [-0.2, 0) is 0 Å². The summed E-state index contributed by atoms with van der Waals surface area (Å²) in [6, 6.07) is 22.7. The summed E-state index contributed by atoms with van der Waals surface area (Å²) in [5.41, 5.74) is 2.09. The first kappa shape index (κ1) is 18.7. The normalized spacial score (nSPS) is 11.0. The molecule has 0 radical (unpaired) electrons. The van der Waals surface area contributed by atoms with Gasteiger partial charge >= 0.3 is 0 Å². The predicted molar refractivity (Wildman–Crippen MR) is 119 cm³/mol. The van der Waals surface area contributed by atoms with Crippen LogP contribution in [0.5, 0.6) is 5.75 Å². The Morgan fingerprint density at radius 2 is 1.68 bits per heavy atom. The van der Waals surface area contributed by atoms with Crippen molar-refractivity contribution < 1.29 is 18.4 Å². The number of amides is 1. The molecule has 5 rings (SSSR count). The number of carbonyl (C=O) groups is 1. The van der Waals surface area contributed by atoms with E-state index in [2.05, 4.69) is 5.32 Å². The van der Waals surface area contributed by atoms with Gasteiger partial charge in [-0.1, -0.05) is 18.2 Å². The summed E-state index contributed by atoms with van der Waals surface area (Å²) in [5.74, 6) is 0.960. The van der Waals surface area contributed by atoms with E-state index >= 15 is 0 Å². The second kappa shape index (κ2) is 7.50. The quantitative estimate of drug-likeness (QED) is 0.424. The molecular formula is C25H17NO5. The second-order valence-corrected chi connectivity index (χ2v) is 7.02. The van der Waals surface area contributed by atoms with Crippen molar-refractivity contribution in [3.8, 4) is 17.1 Å². The van der Waals surface area contributed by atoms with Crippen LogP contribution in [0.2, 0.25) is 0 Å². The number of hydrogen-bond donors (Lipinski definition) is 1. The van der Waals surface area contributed by atoms with E-state index in [9.17, 15) is 9.59 Å². The summed E-state index contributed by atoms with van der Waals surface area (Å²) >= 11 is 0. The first-order valence-corrected chi connectivity index (χ1v) is 9.63. The van der Waals surface area contributed by atoms with Gasteiger partial charge in [-0.3, -0.25) is 9.59 Å². The number of ether oxygens (including phenoxy) is 1. The minimum Gasteiger partial charge on any atom is -0.497 e. The standard InChI is InChI=1S/C25H17NO5/c1-29-18-9-6-15(7-10-18)22-14-20(27)19-11-8-17(13-23(19)31-22)26-25(28)24-12-16-4-2-3-5-21(16)30-24/h2-14H,1H3,(H,26,28). The Kier molecular flexibility index (Phi) is 4.52. The summed E-state index contributed by atoms with van der Waals surface area (Å²) in [4.78, 5) is 25.2. The van der Waals surface area contributed by atoms with Crippen LogP contribution in [0.25, 0.3) is 33.3 Å². The van der Waals surface area contributed by atoms with Crippen molar-refractivity contribution in [1.82, 2.24) is 0 Å². The minimum absolute atomic E-state index is 0.165. The van der Waals surface area contributed by atoms with E-state index in [0.717, 1.165) is 10.9 Å². The monoisotopic (exact) mass is 411 g/mol. The molecule has 1 N–H and O–H groups in total. The van der Waals surface area contributed by atoms with Gasteiger partial charge < -0.3 is 18.9 Å². The van der Waals surface area contributed by atoms with Gasteiger partial charge in [0, 0.05) is 28.8 Å². The van der Waals surface area contributed by atoms with Crippen molar-refractivity contribution in [2.45, 2.75) is 0 Å². The topological polar surface area (TPSA) is 81.7 Å². The average Bonchev–Trinajstić information content (AvgIpc) is 3.23. The molecule has 0 fully saturated rings. The third-order valence-corrected chi connectivity index (χ3v) is 5.01. The molecule has 0 aliphatic rings. The highest BCUT2D eigenvalue weighted by atomic mass is 16.5. The maximum absolute atomic E-state index is 12.6. The summed E-state index contributed by atoms with van der Waals surface area (Å²) in [6.45, 7) is 0. The SMILES string of the molecule is COc1ccc(-c2cc(=O)c3ccc(NC(=O)c4cc5ccccc5o4)cc3o2)cc1. The predicted octanol–water partition coefficient (Wildman–Crippen LogP) is 5.47. The van der Waals surface area contributed by atoms with Gasteiger partial charge in [-0.05, 0) is 48.5 Å². The maximum Gasteiger partial charge on any atom is 0.291 e. The summed E-state index contributed by atoms with van der Waals surface area (Å²) < 4.78 is 16.7. The zero-order valence-corrected chi connectivity index (χ0v) is 16.5. The lowest BCUT2D eigenvalue weighted by Crippen LogP contribution is -2.11. The molecule has 2 aromatic heterocycles. The van der Waals surface area contributed by atoms with Crippen LogP contribution in [-0.4, -0.2) is 13.0 Å². The number of furan rings is 1. The number of methoxy groups -OCH3 is 1. The minimum atomic E-state index is -0.385. The number of benzene rings is 3. The van der Waals surface area contributed by atoms with Crippen molar-refractivity contribution in [1.29, 1.82) is 0 Å². The molecule has 1 amide bonds. The highest BCUT2D eigenvalue weighted by molar-refractivity contribution is 6.05. The Labute approximate surface area is 176 Å². The first-order valence-electron chi connectivity index (χ1n) is 9.63. The number of para-hydroxylation sites is 1. The Morgan fingerprint density at radius 3 is 2.45 bits per heavy atom. The van der Waals surface area contributed by atoms with Crippen LogP contribution in [0.15, 0.2) is 92.5 Å². The summed E-state index contributed by atoms with van der Waals surface area (Å²) in [7, 11) is 1.59. The molecule has 0 saturated carbocycles. The molecule has 2 heterocycles. The van der Waals surface area contributed by atoms with Crippen LogP contribution in [0.4, 0.5) is 5.69 Å². The number of hydrogen-bond acceptors (Lipinski definition) is 5. The highest BCUT2D eigenvalue weighted by Crippen LogP contribution is 2.26. The number of nitrogens with one attached hydrogen (secondary N) is 1. The van der Waals surface area contributed by atoms with Gasteiger partial charge in [-0.2, -0.15) is 0 Å². The number of anilines is 1. The average molecular weight is 411 g/mol. The number of carbonyl (C=O) groups excluding carboxylic acids is 1. The molecule has 6 heteroatoms. The van der Waals surface area contributed by atoms with Crippen LogP contribution in [0, 0.1) is 0 Å². The fraction of sp³-hybridized carbons (Fsp3) is 0.0400. The molecule has 0 unspecified atom stereocenters. The van der Waals surface area contributed by atoms with Gasteiger partial charge in [0.15, 0.2) is 11.2 Å². The number of fused-ring (bicyclic) bond motifs is 2. The molecule has 0 aliphatic heterocycles. The fourth-order valence-electron chi connectivity index (χ4n) is 3.42. The molecule has 0 aliphatic carbocycles. The van der Waals surface area contributed by atoms with Gasteiger partial charge in [0.25, 0.3) is 5.91 Å². The van der Waals surface area contributed by atoms with Crippen LogP contribution >= 0.6 is 0 Å². The lowest BCUT2D eigenvalue weighted by atomic mass is 10.1. The van der Waals surface area contributed by atoms with E-state index in [0.29, 0.717) is 33.7 Å². The van der Waals surface area contributed by atoms with E-state index < -0.39 is 0 Å². The smallest absolute Gasteiger partial charge is 0.291 e. The van der Waals surface area contributed by atoms with Crippen molar-refractivity contribution in [2.24, 2.45) is 0 Å². The largest absolute Gasteiger partial charge is 0.497 e. The van der Waals surface area contributed by atoms with E-state index in [1.165, 1.54) is 6.07 Å². The van der Waals surface area contributed by atoms with E-state index in [1.54, 1.807) is 49.6 Å². The van der Waals surface area contributed by atoms with Crippen molar-refractivity contribution in [2.75, 3.05) is 12.4 Å². The first-order chi connectivity index (χ1) is 15.1. The van der Waals surface area contributed by atoms with Crippen molar-refractivity contribution >= 4 is 33.5 Å². The lowest BCUT2D eigenvalue weighted by Gasteiger charge is -2.07. The third kappa shape index (κ3) is 3.55. The fourth-order valence-corrected chi connectivity index (χ4v) is 3.42. The zero-order valence-electron chi connectivity index (χ0n) is 16.5. The van der Waals surface area contributed by atoms with Gasteiger partial charge in [-0.15, -0.1) is 0 Å². The van der Waals surface area contributed by atoms with Crippen LogP contribution in [0.1, 0.15) is 10.6 Å². The summed E-state index contributed by atoms with van der Waals surface area (Å²) in [6.07, 6.45) is 0. The third-order valence-electron chi connectivity index (χ3n) is 5.01. The molecule has 6 nitrogen and oxygen atoms in total. The van der Waals surface area contributed by atoms with E-state index in [-0.39, 0.29) is 17.1 Å². The van der Waals surface area contributed by atoms with Gasteiger partial charge in [0.05, 0.1) is 12.5 Å². The molecule has 152 valence electrons. The molecule has 0 spiro atoms. The molecule has 31 heavy (non-hydrogen) atoms. The van der Waals surface area contributed by atoms with Crippen LogP contribution < -0.4 is 15.5 Å². The Hall–Kier alpha value is -4.32. The number of rotatable bonds is 4. The second-order valence-electron chi connectivity index (χ2n) is 7.02. The highest BCUT2D eigenvalue weighted by Gasteiger charge is 2.14. The van der Waals surface area contributed by atoms with E-state index in [1.807, 2.05) is 30.3 Å². The van der Waals surface area contributed by atoms with Crippen molar-refractivity contribution in [3.05, 3.63) is 94.8 Å². The van der Waals surface area contributed by atoms with Gasteiger partial charge in [-0.25, -0.2) is 0 Å². The molecule has 5 aromatic rings. The van der Waals surface area contributed by atoms with Crippen molar-refractivity contribution in [3.63, 3.8) is 0 Å². The van der Waals surface area contributed by atoms with Gasteiger partial charge in [0.1, 0.15) is 22.7 Å². The maximum atomic E-state index is 12.6. The Morgan fingerprint density at radius 1 is 0.871 bits per heavy atom.